The van der Waals surface area contributed by atoms with Crippen molar-refractivity contribution in [2.75, 3.05) is 58.3 Å². The van der Waals surface area contributed by atoms with Crippen LogP contribution in [-0.2, 0) is 0 Å². The van der Waals surface area contributed by atoms with Crippen molar-refractivity contribution < 1.29 is 9.47 Å². The molecule has 1 saturated carbocycles. The Morgan fingerprint density at radius 2 is 1.74 bits per heavy atom. The van der Waals surface area contributed by atoms with E-state index < -0.39 is 0 Å². The summed E-state index contributed by atoms with van der Waals surface area (Å²) < 4.78 is 12.2. The van der Waals surface area contributed by atoms with E-state index in [-0.39, 0.29) is 0 Å². The average Bonchev–Trinajstić information content (AvgIpc) is 3.40. The molecule has 7 heteroatoms. The van der Waals surface area contributed by atoms with E-state index in [0.717, 1.165) is 74.0 Å². The largest absolute Gasteiger partial charge is 0.493 e. The molecule has 3 heterocycles. The molecule has 3 aliphatic heterocycles. The van der Waals surface area contributed by atoms with Crippen molar-refractivity contribution >= 4 is 11.5 Å². The van der Waals surface area contributed by atoms with Gasteiger partial charge in [-0.3, -0.25) is 4.99 Å². The molecule has 1 unspecified atom stereocenters. The number of methoxy groups -OCH3 is 1. The minimum absolute atomic E-state index is 0.368. The molecule has 212 valence electrons. The zero-order chi connectivity index (χ0) is 26.3. The van der Waals surface area contributed by atoms with Crippen LogP contribution < -0.4 is 20.1 Å². The zero-order valence-corrected chi connectivity index (χ0v) is 24.1. The Labute approximate surface area is 230 Å². The summed E-state index contributed by atoms with van der Waals surface area (Å²) in [6.45, 7) is 12.0. The average molecular weight is 526 g/mol. The maximum atomic E-state index is 6.34. The number of nitrogens with one attached hydrogen (secondary N) is 2. The number of piperidine rings is 1. The molecule has 1 aromatic carbocycles. The molecule has 1 atom stereocenters. The molecule has 7 nitrogen and oxygen atoms in total. The molecular formula is C31H51N5O2. The summed E-state index contributed by atoms with van der Waals surface area (Å²) in [5.74, 6) is 3.34. The molecule has 5 rings (SSSR count). The molecule has 0 amide bonds. The third kappa shape index (κ3) is 6.95. The number of likely N-dealkylation sites (tertiary alicyclic amines) is 2. The van der Waals surface area contributed by atoms with Crippen molar-refractivity contribution in [2.24, 2.45) is 10.9 Å². The lowest BCUT2D eigenvalue weighted by Gasteiger charge is -2.35. The van der Waals surface area contributed by atoms with Crippen molar-refractivity contribution in [3.05, 3.63) is 17.7 Å². The van der Waals surface area contributed by atoms with Crippen molar-refractivity contribution in [3.63, 3.8) is 0 Å². The monoisotopic (exact) mass is 525 g/mol. The molecule has 4 aliphatic rings. The molecule has 1 aromatic rings. The fourth-order valence-electron chi connectivity index (χ4n) is 6.82. The maximum absolute atomic E-state index is 6.34. The van der Waals surface area contributed by atoms with Gasteiger partial charge in [0.05, 0.1) is 20.3 Å². The van der Waals surface area contributed by atoms with Crippen LogP contribution in [-0.4, -0.2) is 86.7 Å². The Kier molecular flexibility index (Phi) is 9.71. The highest BCUT2D eigenvalue weighted by Crippen LogP contribution is 2.37. The predicted molar refractivity (Wildman–Crippen MR) is 157 cm³/mol. The van der Waals surface area contributed by atoms with Gasteiger partial charge in [0.2, 0.25) is 0 Å². The second-order valence-electron chi connectivity index (χ2n) is 12.2. The van der Waals surface area contributed by atoms with E-state index in [1.54, 1.807) is 7.11 Å². The normalized spacial score (nSPS) is 24.0. The highest BCUT2D eigenvalue weighted by Gasteiger charge is 2.30. The summed E-state index contributed by atoms with van der Waals surface area (Å²) in [5, 5.41) is 7.81. The molecule has 2 saturated heterocycles. The predicted octanol–water partition coefficient (Wildman–Crippen LogP) is 5.14. The summed E-state index contributed by atoms with van der Waals surface area (Å²) in [4.78, 5) is 10.4. The molecule has 2 N–H and O–H groups in total. The molecule has 3 fully saturated rings. The van der Waals surface area contributed by atoms with Crippen LogP contribution in [0.15, 0.2) is 17.1 Å². The van der Waals surface area contributed by atoms with Gasteiger partial charge in [-0.05, 0) is 83.9 Å². The summed E-state index contributed by atoms with van der Waals surface area (Å²) >= 11 is 0. The van der Waals surface area contributed by atoms with Crippen LogP contribution in [0.1, 0.15) is 83.6 Å². The first-order chi connectivity index (χ1) is 18.6. The summed E-state index contributed by atoms with van der Waals surface area (Å²) in [7, 11) is 1.75. The third-order valence-corrected chi connectivity index (χ3v) is 9.24. The summed E-state index contributed by atoms with van der Waals surface area (Å²) in [6.07, 6.45) is 12.7. The van der Waals surface area contributed by atoms with Gasteiger partial charge in [0, 0.05) is 55.1 Å². The number of rotatable bonds is 9. The Morgan fingerprint density at radius 1 is 0.974 bits per heavy atom. The van der Waals surface area contributed by atoms with Gasteiger partial charge < -0.3 is 29.9 Å². The maximum Gasteiger partial charge on any atom is 0.163 e. The Bertz CT molecular complexity index is 915. The second-order valence-corrected chi connectivity index (χ2v) is 12.2. The van der Waals surface area contributed by atoms with Gasteiger partial charge in [-0.2, -0.15) is 0 Å². The first-order valence-electron chi connectivity index (χ1n) is 15.5. The molecule has 0 spiro atoms. The van der Waals surface area contributed by atoms with Crippen LogP contribution >= 0.6 is 0 Å². The number of nitrogens with zero attached hydrogens (tertiary/aromatic N) is 3. The van der Waals surface area contributed by atoms with Crippen molar-refractivity contribution in [2.45, 2.75) is 96.2 Å². The topological polar surface area (TPSA) is 61.4 Å². The fourth-order valence-corrected chi connectivity index (χ4v) is 6.82. The first-order valence-corrected chi connectivity index (χ1v) is 15.5. The van der Waals surface area contributed by atoms with E-state index in [9.17, 15) is 0 Å². The van der Waals surface area contributed by atoms with Gasteiger partial charge in [0.15, 0.2) is 11.5 Å². The molecule has 38 heavy (non-hydrogen) atoms. The van der Waals surface area contributed by atoms with Crippen LogP contribution in [0.3, 0.4) is 0 Å². The second kappa shape index (κ2) is 13.4. The van der Waals surface area contributed by atoms with E-state index >= 15 is 0 Å². The van der Waals surface area contributed by atoms with E-state index in [1.165, 1.54) is 58.0 Å². The Balaban J connectivity index is 1.32. The van der Waals surface area contributed by atoms with Gasteiger partial charge in [-0.1, -0.05) is 19.3 Å². The van der Waals surface area contributed by atoms with E-state index in [1.807, 2.05) is 0 Å². The Hall–Kier alpha value is -1.99. The minimum atomic E-state index is 0.368. The lowest BCUT2D eigenvalue weighted by molar-refractivity contribution is 0.167. The minimum Gasteiger partial charge on any atom is -0.493 e. The third-order valence-electron chi connectivity index (χ3n) is 9.24. The highest BCUT2D eigenvalue weighted by atomic mass is 16.5. The van der Waals surface area contributed by atoms with Crippen LogP contribution in [0.25, 0.3) is 0 Å². The number of ether oxygens (including phenoxy) is 2. The van der Waals surface area contributed by atoms with E-state index in [0.29, 0.717) is 30.7 Å². The quantitative estimate of drug-likeness (QED) is 0.435. The number of benzene rings is 1. The number of aliphatic imine (C=N–C) groups is 1. The number of amidine groups is 1. The number of fused-ring (bicyclic) bond motifs is 1. The molecule has 0 bridgehead atoms. The zero-order valence-electron chi connectivity index (χ0n) is 24.1. The number of hydrogen-bond donors (Lipinski definition) is 2. The molecular weight excluding hydrogens is 474 g/mol. The summed E-state index contributed by atoms with van der Waals surface area (Å²) in [6, 6.07) is 5.77. The molecule has 1 aliphatic carbocycles. The summed E-state index contributed by atoms with van der Waals surface area (Å²) in [5.41, 5.74) is 2.26. The smallest absolute Gasteiger partial charge is 0.163 e. The Morgan fingerprint density at radius 3 is 2.45 bits per heavy atom. The van der Waals surface area contributed by atoms with Crippen LogP contribution in [0.5, 0.6) is 11.5 Å². The van der Waals surface area contributed by atoms with E-state index in [2.05, 4.69) is 46.4 Å². The number of hydrogen-bond acceptors (Lipinski definition) is 7. The molecule has 0 radical (unpaired) electrons. The van der Waals surface area contributed by atoms with Gasteiger partial charge in [0.1, 0.15) is 5.84 Å². The van der Waals surface area contributed by atoms with Crippen LogP contribution in [0.4, 0.5) is 5.69 Å². The SMILES string of the molecule is COc1cc2c(cc1OCCCN1CCCC1)NC(C1CCCCC1)CN=C2NC1CCN(C(C)C)CC1. The van der Waals surface area contributed by atoms with Crippen molar-refractivity contribution in [3.8, 4) is 11.5 Å². The highest BCUT2D eigenvalue weighted by molar-refractivity contribution is 6.05. The van der Waals surface area contributed by atoms with Gasteiger partial charge >= 0.3 is 0 Å². The lowest BCUT2D eigenvalue weighted by atomic mass is 9.84. The van der Waals surface area contributed by atoms with Crippen molar-refractivity contribution in [1.82, 2.24) is 15.1 Å². The number of benzodiazepines with no additional fused rings is 1. The molecule has 0 aromatic heterocycles. The van der Waals surface area contributed by atoms with Crippen LogP contribution in [0, 0.1) is 5.92 Å². The number of anilines is 1. The van der Waals surface area contributed by atoms with Gasteiger partial charge in [0.25, 0.3) is 0 Å². The van der Waals surface area contributed by atoms with E-state index in [4.69, 9.17) is 14.5 Å². The standard InChI is InChI=1S/C31H51N5O2/c1-23(2)36-17-12-25(13-18-36)33-31-26-20-29(37-3)30(38-19-9-16-35-14-7-8-15-35)21-27(26)34-28(22-32-31)24-10-5-4-6-11-24/h20-21,23-25,28,34H,4-19,22H2,1-3H3,(H,32,33). The van der Waals surface area contributed by atoms with Gasteiger partial charge in [-0.15, -0.1) is 0 Å². The lowest BCUT2D eigenvalue weighted by Crippen LogP contribution is -2.46. The van der Waals surface area contributed by atoms with Gasteiger partial charge in [-0.25, -0.2) is 0 Å². The van der Waals surface area contributed by atoms with Crippen LogP contribution in [0.2, 0.25) is 0 Å². The fraction of sp³-hybridized carbons (Fsp3) is 0.774. The first kappa shape index (κ1) is 27.6. The van der Waals surface area contributed by atoms with Crippen molar-refractivity contribution in [1.29, 1.82) is 0 Å².